The highest BCUT2D eigenvalue weighted by molar-refractivity contribution is 5.85. The van der Waals surface area contributed by atoms with E-state index in [2.05, 4.69) is 10.5 Å². The van der Waals surface area contributed by atoms with E-state index in [1.54, 1.807) is 0 Å². The summed E-state index contributed by atoms with van der Waals surface area (Å²) in [5.74, 6) is -0.730. The van der Waals surface area contributed by atoms with Gasteiger partial charge in [-0.2, -0.15) is 5.10 Å². The number of para-hydroxylation sites is 1. The highest BCUT2D eigenvalue weighted by atomic mass is 16.6. The van der Waals surface area contributed by atoms with E-state index in [1.165, 1.54) is 18.2 Å². The van der Waals surface area contributed by atoms with Crippen LogP contribution in [0.2, 0.25) is 0 Å². The van der Waals surface area contributed by atoms with Gasteiger partial charge in [0.1, 0.15) is 5.69 Å². The van der Waals surface area contributed by atoms with E-state index in [-0.39, 0.29) is 17.0 Å². The topological polar surface area (TPSA) is 151 Å². The summed E-state index contributed by atoms with van der Waals surface area (Å²) in [6.45, 7) is 0. The summed E-state index contributed by atoms with van der Waals surface area (Å²) in [7, 11) is 0. The van der Waals surface area contributed by atoms with Crippen LogP contribution in [-0.2, 0) is 0 Å². The van der Waals surface area contributed by atoms with E-state index in [0.29, 0.717) is 0 Å². The molecule has 0 atom stereocenters. The first-order chi connectivity index (χ1) is 10.9. The van der Waals surface area contributed by atoms with Crippen molar-refractivity contribution in [2.75, 3.05) is 5.43 Å². The van der Waals surface area contributed by atoms with Gasteiger partial charge in [-0.15, -0.1) is 0 Å². The van der Waals surface area contributed by atoms with Gasteiger partial charge in [0.05, 0.1) is 22.1 Å². The zero-order valence-electron chi connectivity index (χ0n) is 11.4. The van der Waals surface area contributed by atoms with Gasteiger partial charge in [-0.05, 0) is 18.2 Å². The molecule has 0 spiro atoms. The van der Waals surface area contributed by atoms with Crippen molar-refractivity contribution in [1.29, 1.82) is 0 Å². The molecule has 0 aliphatic heterocycles. The third kappa shape index (κ3) is 3.50. The van der Waals surface area contributed by atoms with Gasteiger partial charge in [0.25, 0.3) is 5.69 Å². The van der Waals surface area contributed by atoms with Crippen LogP contribution in [0.4, 0.5) is 17.1 Å². The van der Waals surface area contributed by atoms with Crippen molar-refractivity contribution in [2.24, 2.45) is 5.10 Å². The lowest BCUT2D eigenvalue weighted by Gasteiger charge is -2.03. The van der Waals surface area contributed by atoms with E-state index in [4.69, 9.17) is 0 Å². The van der Waals surface area contributed by atoms with E-state index in [9.17, 15) is 30.4 Å². The number of aromatic hydroxyl groups is 2. The second-order valence-corrected chi connectivity index (χ2v) is 4.30. The molecule has 10 nitrogen and oxygen atoms in total. The summed E-state index contributed by atoms with van der Waals surface area (Å²) in [5.41, 5.74) is 1.56. The number of hydrogen-bond donors (Lipinski definition) is 3. The molecule has 0 radical (unpaired) electrons. The summed E-state index contributed by atoms with van der Waals surface area (Å²) in [4.78, 5) is 20.1. The lowest BCUT2D eigenvalue weighted by atomic mass is 10.2. The summed E-state index contributed by atoms with van der Waals surface area (Å²) < 4.78 is 0. The Morgan fingerprint density at radius 1 is 1.09 bits per heavy atom. The van der Waals surface area contributed by atoms with Crippen LogP contribution in [0.5, 0.6) is 11.5 Å². The summed E-state index contributed by atoms with van der Waals surface area (Å²) >= 11 is 0. The molecule has 0 amide bonds. The zero-order chi connectivity index (χ0) is 17.0. The van der Waals surface area contributed by atoms with E-state index in [0.717, 1.165) is 24.4 Å². The van der Waals surface area contributed by atoms with Crippen LogP contribution < -0.4 is 5.43 Å². The number of phenols is 2. The molecule has 23 heavy (non-hydrogen) atoms. The van der Waals surface area contributed by atoms with Crippen LogP contribution in [0.3, 0.4) is 0 Å². The van der Waals surface area contributed by atoms with Gasteiger partial charge in [0, 0.05) is 11.6 Å². The third-order valence-corrected chi connectivity index (χ3v) is 2.82. The fourth-order valence-electron chi connectivity index (χ4n) is 1.70. The standard InChI is InChI=1S/C13H10N4O6/c18-12-3-1-2-8(13(12)19)7-14-15-10-5-4-9(16(20)21)6-11(10)17(22)23/h1-7,15,18-19H/b14-7+. The maximum Gasteiger partial charge on any atom is 0.301 e. The number of benzene rings is 2. The molecular weight excluding hydrogens is 308 g/mol. The number of nitro groups is 2. The fraction of sp³-hybridized carbons (Fsp3) is 0. The van der Waals surface area contributed by atoms with Crippen LogP contribution in [-0.4, -0.2) is 26.3 Å². The normalized spacial score (nSPS) is 10.6. The quantitative estimate of drug-likeness (QED) is 0.331. The lowest BCUT2D eigenvalue weighted by molar-refractivity contribution is -0.393. The van der Waals surface area contributed by atoms with Crippen LogP contribution >= 0.6 is 0 Å². The SMILES string of the molecule is O=[N+]([O-])c1ccc(N/N=C/c2cccc(O)c2O)c([N+](=O)[O-])c1. The molecule has 2 aromatic rings. The minimum absolute atomic E-state index is 0.0588. The number of hydrogen-bond acceptors (Lipinski definition) is 8. The first-order valence-electron chi connectivity index (χ1n) is 6.13. The second kappa shape index (κ2) is 6.39. The number of anilines is 1. The molecule has 0 bridgehead atoms. The molecule has 0 saturated heterocycles. The molecule has 118 valence electrons. The Morgan fingerprint density at radius 3 is 2.48 bits per heavy atom. The van der Waals surface area contributed by atoms with Gasteiger partial charge in [0.15, 0.2) is 11.5 Å². The van der Waals surface area contributed by atoms with Crippen LogP contribution in [0, 0.1) is 20.2 Å². The number of rotatable bonds is 5. The molecule has 0 aromatic heterocycles. The molecule has 2 aromatic carbocycles. The molecule has 0 heterocycles. The highest BCUT2D eigenvalue weighted by Crippen LogP contribution is 2.29. The van der Waals surface area contributed by atoms with Gasteiger partial charge in [-0.1, -0.05) is 6.07 Å². The van der Waals surface area contributed by atoms with Crippen molar-refractivity contribution in [3.63, 3.8) is 0 Å². The molecule has 0 fully saturated rings. The van der Waals surface area contributed by atoms with Gasteiger partial charge in [-0.25, -0.2) is 0 Å². The van der Waals surface area contributed by atoms with Crippen LogP contribution in [0.25, 0.3) is 0 Å². The molecule has 0 unspecified atom stereocenters. The fourth-order valence-corrected chi connectivity index (χ4v) is 1.70. The minimum Gasteiger partial charge on any atom is -0.504 e. The molecule has 0 saturated carbocycles. The van der Waals surface area contributed by atoms with Crippen molar-refractivity contribution in [3.05, 3.63) is 62.2 Å². The van der Waals surface area contributed by atoms with Crippen LogP contribution in [0.1, 0.15) is 5.56 Å². The van der Waals surface area contributed by atoms with E-state index < -0.39 is 27.0 Å². The smallest absolute Gasteiger partial charge is 0.301 e. The van der Waals surface area contributed by atoms with Gasteiger partial charge < -0.3 is 10.2 Å². The predicted molar refractivity (Wildman–Crippen MR) is 80.7 cm³/mol. The van der Waals surface area contributed by atoms with Gasteiger partial charge in [-0.3, -0.25) is 25.7 Å². The molecule has 0 aliphatic carbocycles. The zero-order valence-corrected chi connectivity index (χ0v) is 11.4. The summed E-state index contributed by atoms with van der Waals surface area (Å²) in [6, 6.07) is 7.27. The van der Waals surface area contributed by atoms with Crippen molar-refractivity contribution in [3.8, 4) is 11.5 Å². The number of phenolic OH excluding ortho intramolecular Hbond substituents is 2. The average Bonchev–Trinajstić information content (AvgIpc) is 2.51. The maximum atomic E-state index is 10.9. The summed E-state index contributed by atoms with van der Waals surface area (Å²) in [6.07, 6.45) is 1.14. The second-order valence-electron chi connectivity index (χ2n) is 4.30. The Labute approximate surface area is 128 Å². The Kier molecular flexibility index (Phi) is 4.36. The number of non-ortho nitro benzene ring substituents is 1. The molecule has 3 N–H and O–H groups in total. The largest absolute Gasteiger partial charge is 0.504 e. The Bertz CT molecular complexity index is 805. The van der Waals surface area contributed by atoms with Crippen molar-refractivity contribution >= 4 is 23.3 Å². The maximum absolute atomic E-state index is 10.9. The Morgan fingerprint density at radius 2 is 1.83 bits per heavy atom. The minimum atomic E-state index is -0.781. The Hall–Kier alpha value is -3.69. The Balaban J connectivity index is 2.26. The number of nitrogens with one attached hydrogen (secondary N) is 1. The first kappa shape index (κ1) is 15.7. The number of nitrogens with zero attached hydrogens (tertiary/aromatic N) is 3. The summed E-state index contributed by atoms with van der Waals surface area (Å²) in [5, 5.41) is 44.2. The first-order valence-corrected chi connectivity index (χ1v) is 6.13. The predicted octanol–water partition coefficient (Wildman–Crippen LogP) is 2.36. The molecule has 10 heteroatoms. The highest BCUT2D eigenvalue weighted by Gasteiger charge is 2.19. The van der Waals surface area contributed by atoms with Crippen molar-refractivity contribution < 1.29 is 20.1 Å². The number of hydrazone groups is 1. The van der Waals surface area contributed by atoms with Crippen molar-refractivity contribution in [2.45, 2.75) is 0 Å². The molecular formula is C13H10N4O6. The van der Waals surface area contributed by atoms with Gasteiger partial charge in [0.2, 0.25) is 0 Å². The third-order valence-electron chi connectivity index (χ3n) is 2.82. The van der Waals surface area contributed by atoms with E-state index >= 15 is 0 Å². The molecule has 0 aliphatic rings. The van der Waals surface area contributed by atoms with Crippen molar-refractivity contribution in [1.82, 2.24) is 0 Å². The van der Waals surface area contributed by atoms with Crippen LogP contribution in [0.15, 0.2) is 41.5 Å². The monoisotopic (exact) mass is 318 g/mol. The average molecular weight is 318 g/mol. The lowest BCUT2D eigenvalue weighted by Crippen LogP contribution is -1.98. The number of nitro benzene ring substituents is 2. The molecule has 2 rings (SSSR count). The van der Waals surface area contributed by atoms with E-state index in [1.807, 2.05) is 0 Å². The van der Waals surface area contributed by atoms with Gasteiger partial charge >= 0.3 is 5.69 Å².